The summed E-state index contributed by atoms with van der Waals surface area (Å²) >= 11 is 0. The van der Waals surface area contributed by atoms with Crippen molar-refractivity contribution in [3.05, 3.63) is 59.7 Å². The minimum Gasteiger partial charge on any atom is -0.497 e. The Bertz CT molecular complexity index is 1040. The molecule has 0 saturated carbocycles. The van der Waals surface area contributed by atoms with Crippen LogP contribution in [0.5, 0.6) is 5.75 Å². The summed E-state index contributed by atoms with van der Waals surface area (Å²) in [6.45, 7) is 3.80. The van der Waals surface area contributed by atoms with Crippen LogP contribution in [0.3, 0.4) is 0 Å². The Balaban J connectivity index is 2.12. The first kappa shape index (κ1) is 27.3. The number of nitrogens with zero attached hydrogens (tertiary/aromatic N) is 1. The van der Waals surface area contributed by atoms with E-state index in [0.717, 1.165) is 11.1 Å². The first-order chi connectivity index (χ1) is 16.2. The Morgan fingerprint density at radius 3 is 2.24 bits per heavy atom. The molecular formula is C24H33N3O6S. The number of aliphatic hydroxyl groups excluding tert-OH is 1. The number of hydrogen-bond acceptors (Lipinski definition) is 6. The smallest absolute Gasteiger partial charge is 0.242 e. The van der Waals surface area contributed by atoms with Crippen LogP contribution in [-0.2, 0) is 32.6 Å². The van der Waals surface area contributed by atoms with E-state index in [1.165, 1.54) is 17.0 Å². The van der Waals surface area contributed by atoms with E-state index in [-0.39, 0.29) is 42.8 Å². The molecule has 0 fully saturated rings. The zero-order valence-electron chi connectivity index (χ0n) is 19.8. The number of ether oxygens (including phenoxy) is 1. The van der Waals surface area contributed by atoms with E-state index in [9.17, 15) is 18.0 Å². The molecule has 2 rings (SSSR count). The molecule has 0 spiro atoms. The zero-order valence-corrected chi connectivity index (χ0v) is 20.6. The van der Waals surface area contributed by atoms with Gasteiger partial charge in [-0.15, -0.1) is 0 Å². The monoisotopic (exact) mass is 491 g/mol. The van der Waals surface area contributed by atoms with Crippen LogP contribution in [0, 0.1) is 0 Å². The first-order valence-corrected chi connectivity index (χ1v) is 12.6. The van der Waals surface area contributed by atoms with Gasteiger partial charge < -0.3 is 20.1 Å². The molecule has 0 heterocycles. The number of benzene rings is 2. The summed E-state index contributed by atoms with van der Waals surface area (Å²) in [5.41, 5.74) is 1.65. The standard InChI is InChI=1S/C24H33N3O6S/c1-4-26-34(31,32)22-12-7-19(8-13-22)9-14-23(29)27(18(2)24(30)25-15-16-28)17-20-5-10-21(33-3)11-6-20/h5-8,10-13,18,26,28H,4,9,14-17H2,1-3H3,(H,25,30)/t18-/m1/s1. The van der Waals surface area contributed by atoms with Crippen molar-refractivity contribution >= 4 is 21.8 Å². The zero-order chi connectivity index (χ0) is 25.1. The lowest BCUT2D eigenvalue weighted by Gasteiger charge is -2.29. The van der Waals surface area contributed by atoms with Crippen molar-refractivity contribution in [2.45, 2.75) is 44.2 Å². The second-order valence-corrected chi connectivity index (χ2v) is 9.47. The fourth-order valence-electron chi connectivity index (χ4n) is 3.34. The van der Waals surface area contributed by atoms with E-state index < -0.39 is 16.1 Å². The van der Waals surface area contributed by atoms with Crippen LogP contribution in [0.4, 0.5) is 0 Å². The van der Waals surface area contributed by atoms with E-state index in [1.807, 2.05) is 12.1 Å². The summed E-state index contributed by atoms with van der Waals surface area (Å²) in [6.07, 6.45) is 0.539. The highest BCUT2D eigenvalue weighted by Crippen LogP contribution is 2.17. The van der Waals surface area contributed by atoms with Crippen molar-refractivity contribution in [2.24, 2.45) is 0 Å². The maximum absolute atomic E-state index is 13.1. The molecule has 9 nitrogen and oxygen atoms in total. The van der Waals surface area contributed by atoms with Crippen LogP contribution in [-0.4, -0.2) is 63.1 Å². The van der Waals surface area contributed by atoms with Crippen LogP contribution in [0.2, 0.25) is 0 Å². The van der Waals surface area contributed by atoms with E-state index in [4.69, 9.17) is 9.84 Å². The van der Waals surface area contributed by atoms with Gasteiger partial charge in [0.15, 0.2) is 0 Å². The van der Waals surface area contributed by atoms with Crippen LogP contribution in [0.15, 0.2) is 53.4 Å². The molecular weight excluding hydrogens is 458 g/mol. The highest BCUT2D eigenvalue weighted by molar-refractivity contribution is 7.89. The number of methoxy groups -OCH3 is 1. The van der Waals surface area contributed by atoms with E-state index >= 15 is 0 Å². The summed E-state index contributed by atoms with van der Waals surface area (Å²) in [5, 5.41) is 11.6. The van der Waals surface area contributed by atoms with Crippen molar-refractivity contribution < 1.29 is 27.9 Å². The normalized spacial score (nSPS) is 12.1. The Morgan fingerprint density at radius 2 is 1.68 bits per heavy atom. The summed E-state index contributed by atoms with van der Waals surface area (Å²) in [6, 6.07) is 12.9. The van der Waals surface area contributed by atoms with E-state index in [2.05, 4.69) is 10.0 Å². The van der Waals surface area contributed by atoms with Crippen LogP contribution < -0.4 is 14.8 Å². The number of amides is 2. The topological polar surface area (TPSA) is 125 Å². The molecule has 0 unspecified atom stereocenters. The molecule has 0 aliphatic carbocycles. The van der Waals surface area contributed by atoms with Crippen molar-refractivity contribution in [3.8, 4) is 5.75 Å². The van der Waals surface area contributed by atoms with Gasteiger partial charge in [-0.2, -0.15) is 0 Å². The highest BCUT2D eigenvalue weighted by atomic mass is 32.2. The molecule has 0 bridgehead atoms. The second-order valence-electron chi connectivity index (χ2n) is 7.71. The largest absolute Gasteiger partial charge is 0.497 e. The number of rotatable bonds is 13. The SMILES string of the molecule is CCNS(=O)(=O)c1ccc(CCC(=O)N(Cc2ccc(OC)cc2)[C@H](C)C(=O)NCCO)cc1. The Labute approximate surface area is 201 Å². The molecule has 1 atom stereocenters. The van der Waals surface area contributed by atoms with Crippen molar-refractivity contribution in [1.29, 1.82) is 0 Å². The number of aliphatic hydroxyl groups is 1. The minimum atomic E-state index is -3.54. The van der Waals surface area contributed by atoms with Gasteiger partial charge in [-0.05, 0) is 48.7 Å². The number of sulfonamides is 1. The molecule has 0 saturated heterocycles. The fraction of sp³-hybridized carbons (Fsp3) is 0.417. The third-order valence-corrected chi connectivity index (χ3v) is 6.85. The summed E-state index contributed by atoms with van der Waals surface area (Å²) in [4.78, 5) is 27.3. The predicted octanol–water partition coefficient (Wildman–Crippen LogP) is 1.45. The molecule has 2 aromatic rings. The van der Waals surface area contributed by atoms with Gasteiger partial charge in [0.25, 0.3) is 0 Å². The molecule has 10 heteroatoms. The molecule has 0 radical (unpaired) electrons. The number of nitrogens with one attached hydrogen (secondary N) is 2. The Morgan fingerprint density at radius 1 is 1.06 bits per heavy atom. The molecule has 2 amide bonds. The van der Waals surface area contributed by atoms with Crippen molar-refractivity contribution in [1.82, 2.24) is 14.9 Å². The number of carbonyl (C=O) groups is 2. The average molecular weight is 492 g/mol. The quantitative estimate of drug-likeness (QED) is 0.390. The number of carbonyl (C=O) groups excluding carboxylic acids is 2. The number of aryl methyl sites for hydroxylation is 1. The highest BCUT2D eigenvalue weighted by Gasteiger charge is 2.26. The number of hydrogen-bond donors (Lipinski definition) is 3. The lowest BCUT2D eigenvalue weighted by molar-refractivity contribution is -0.140. The van der Waals surface area contributed by atoms with Gasteiger partial charge >= 0.3 is 0 Å². The molecule has 0 aliphatic rings. The fourth-order valence-corrected chi connectivity index (χ4v) is 4.38. The molecule has 0 aliphatic heterocycles. The van der Waals surface area contributed by atoms with E-state index in [1.54, 1.807) is 45.2 Å². The second kappa shape index (κ2) is 13.1. The lowest BCUT2D eigenvalue weighted by atomic mass is 10.1. The van der Waals surface area contributed by atoms with Crippen molar-refractivity contribution in [3.63, 3.8) is 0 Å². The van der Waals surface area contributed by atoms with Gasteiger partial charge in [0.1, 0.15) is 11.8 Å². The van der Waals surface area contributed by atoms with Gasteiger partial charge in [-0.1, -0.05) is 31.2 Å². The van der Waals surface area contributed by atoms with Gasteiger partial charge in [0, 0.05) is 26.1 Å². The van der Waals surface area contributed by atoms with E-state index in [0.29, 0.717) is 18.7 Å². The molecule has 186 valence electrons. The summed E-state index contributed by atoms with van der Waals surface area (Å²) in [5.74, 6) is 0.121. The van der Waals surface area contributed by atoms with Gasteiger partial charge in [0.2, 0.25) is 21.8 Å². The Hall–Kier alpha value is -2.95. The summed E-state index contributed by atoms with van der Waals surface area (Å²) in [7, 11) is -1.97. The average Bonchev–Trinajstić information content (AvgIpc) is 2.84. The molecule has 3 N–H and O–H groups in total. The molecule has 2 aromatic carbocycles. The maximum atomic E-state index is 13.1. The van der Waals surface area contributed by atoms with Crippen molar-refractivity contribution in [2.75, 3.05) is 26.8 Å². The predicted molar refractivity (Wildman–Crippen MR) is 129 cm³/mol. The lowest BCUT2D eigenvalue weighted by Crippen LogP contribution is -2.48. The van der Waals surface area contributed by atoms with Gasteiger partial charge in [-0.25, -0.2) is 13.1 Å². The summed E-state index contributed by atoms with van der Waals surface area (Å²) < 4.78 is 31.8. The first-order valence-electron chi connectivity index (χ1n) is 11.1. The van der Waals surface area contributed by atoms with Crippen LogP contribution >= 0.6 is 0 Å². The van der Waals surface area contributed by atoms with Crippen LogP contribution in [0.1, 0.15) is 31.4 Å². The molecule has 0 aromatic heterocycles. The van der Waals surface area contributed by atoms with Gasteiger partial charge in [0.05, 0.1) is 18.6 Å². The Kier molecular flexibility index (Phi) is 10.5. The minimum absolute atomic E-state index is 0.107. The van der Waals surface area contributed by atoms with Gasteiger partial charge in [-0.3, -0.25) is 9.59 Å². The third kappa shape index (κ3) is 7.82. The third-order valence-electron chi connectivity index (χ3n) is 5.29. The molecule has 34 heavy (non-hydrogen) atoms. The maximum Gasteiger partial charge on any atom is 0.242 e. The van der Waals surface area contributed by atoms with Crippen LogP contribution in [0.25, 0.3) is 0 Å².